The number of carbonyl (C=O) groups excluding carboxylic acids is 1. The maximum atomic E-state index is 12.4. The van der Waals surface area contributed by atoms with Gasteiger partial charge in [0.1, 0.15) is 30.5 Å². The fraction of sp³-hybridized carbons (Fsp3) is 0.903. The zero-order valence-corrected chi connectivity index (χ0v) is 24.2. The second-order valence-corrected chi connectivity index (χ2v) is 15.4. The Balaban J connectivity index is 1.23. The zero-order chi connectivity index (χ0) is 28.8. The van der Waals surface area contributed by atoms with Gasteiger partial charge in [0.15, 0.2) is 6.29 Å². The summed E-state index contributed by atoms with van der Waals surface area (Å²) in [7, 11) is 0. The number of esters is 1. The fourth-order valence-electron chi connectivity index (χ4n) is 11.6. The van der Waals surface area contributed by atoms with Gasteiger partial charge in [0.05, 0.1) is 18.8 Å². The molecule has 15 atom stereocenters. The molecule has 9 heteroatoms. The molecule has 0 radical (unpaired) electrons. The van der Waals surface area contributed by atoms with Crippen LogP contribution in [0.15, 0.2) is 11.6 Å². The highest BCUT2D eigenvalue weighted by Crippen LogP contribution is 2.88. The molecule has 2 aliphatic heterocycles. The predicted octanol–water partition coefficient (Wildman–Crippen LogP) is 1.67. The molecule has 224 valence electrons. The molecule has 2 heterocycles. The molecule has 40 heavy (non-hydrogen) atoms. The normalized spacial score (nSPS) is 59.8. The standard InChI is InChI=1S/C31H46O9/c1-14-10-20(34)40-24-21(14)28(4)11-18(33)31-13-30(31)9-8-19(39-26-23(36)22(35)15(32)12-38-26)27(2,3)16(30)6-7-17(31)29(28,5)25(24)37/h7,14-16,18-19,21-26,32-33,35-37H,6,8-13H2,1-5H3/t14-,15-,16+,18+,19+,21+,22+,23-,24-,25+,26+,28-,29-,30-,31+/m1/s1. The molecule has 5 aliphatic carbocycles. The average molecular weight is 563 g/mol. The van der Waals surface area contributed by atoms with Gasteiger partial charge in [0, 0.05) is 23.2 Å². The quantitative estimate of drug-likeness (QED) is 0.251. The lowest BCUT2D eigenvalue weighted by molar-refractivity contribution is -0.301. The third-order valence-corrected chi connectivity index (χ3v) is 13.7. The van der Waals surface area contributed by atoms with Crippen LogP contribution in [0.5, 0.6) is 0 Å². The summed E-state index contributed by atoms with van der Waals surface area (Å²) < 4.78 is 17.8. The van der Waals surface area contributed by atoms with Gasteiger partial charge in [0.2, 0.25) is 0 Å². The first-order chi connectivity index (χ1) is 18.7. The number of hydrogen-bond donors (Lipinski definition) is 5. The molecule has 0 amide bonds. The number of aliphatic hydroxyl groups is 5. The number of ether oxygens (including phenoxy) is 3. The van der Waals surface area contributed by atoms with E-state index >= 15 is 0 Å². The van der Waals surface area contributed by atoms with E-state index in [2.05, 4.69) is 40.7 Å². The van der Waals surface area contributed by atoms with E-state index in [1.807, 2.05) is 0 Å². The van der Waals surface area contributed by atoms with Crippen LogP contribution in [0.4, 0.5) is 0 Å². The Labute approximate surface area is 235 Å². The molecule has 7 aliphatic rings. The molecule has 0 aromatic rings. The molecule has 9 nitrogen and oxygen atoms in total. The van der Waals surface area contributed by atoms with E-state index in [0.717, 1.165) is 19.3 Å². The number of fused-ring (bicyclic) bond motifs is 4. The Kier molecular flexibility index (Phi) is 5.76. The number of rotatable bonds is 2. The van der Waals surface area contributed by atoms with Crippen LogP contribution in [0.3, 0.4) is 0 Å². The summed E-state index contributed by atoms with van der Waals surface area (Å²) in [4.78, 5) is 12.4. The van der Waals surface area contributed by atoms with Gasteiger partial charge < -0.3 is 39.7 Å². The van der Waals surface area contributed by atoms with E-state index in [9.17, 15) is 30.3 Å². The molecule has 2 saturated heterocycles. The van der Waals surface area contributed by atoms with E-state index in [0.29, 0.717) is 19.3 Å². The van der Waals surface area contributed by atoms with Gasteiger partial charge in [-0.1, -0.05) is 46.3 Å². The monoisotopic (exact) mass is 562 g/mol. The predicted molar refractivity (Wildman–Crippen MR) is 141 cm³/mol. The van der Waals surface area contributed by atoms with Gasteiger partial charge >= 0.3 is 5.97 Å². The number of carbonyl (C=O) groups is 1. The van der Waals surface area contributed by atoms with E-state index in [1.165, 1.54) is 5.57 Å². The molecule has 0 bridgehead atoms. The third-order valence-electron chi connectivity index (χ3n) is 13.7. The van der Waals surface area contributed by atoms with Crippen LogP contribution in [0, 0.1) is 44.8 Å². The van der Waals surface area contributed by atoms with Crippen molar-refractivity contribution in [2.75, 3.05) is 6.61 Å². The van der Waals surface area contributed by atoms with Crippen molar-refractivity contribution in [2.45, 2.75) is 122 Å². The lowest BCUT2D eigenvalue weighted by Crippen LogP contribution is -2.60. The van der Waals surface area contributed by atoms with Crippen molar-refractivity contribution in [3.63, 3.8) is 0 Å². The van der Waals surface area contributed by atoms with Crippen LogP contribution in [0.25, 0.3) is 0 Å². The first-order valence-corrected chi connectivity index (χ1v) is 15.2. The summed E-state index contributed by atoms with van der Waals surface area (Å²) in [6.07, 6.45) is -0.564. The molecule has 5 N–H and O–H groups in total. The first kappa shape index (κ1) is 27.7. The van der Waals surface area contributed by atoms with Crippen molar-refractivity contribution in [3.05, 3.63) is 11.6 Å². The van der Waals surface area contributed by atoms with Crippen molar-refractivity contribution in [1.29, 1.82) is 0 Å². The van der Waals surface area contributed by atoms with E-state index < -0.39 is 59.2 Å². The fourth-order valence-corrected chi connectivity index (χ4v) is 11.6. The number of allylic oxidation sites excluding steroid dienone is 1. The number of hydrogen-bond acceptors (Lipinski definition) is 9. The Morgan fingerprint density at radius 2 is 1.77 bits per heavy atom. The van der Waals surface area contributed by atoms with Gasteiger partial charge in [-0.25, -0.2) is 0 Å². The highest BCUT2D eigenvalue weighted by atomic mass is 16.7. The van der Waals surface area contributed by atoms with Crippen LogP contribution < -0.4 is 0 Å². The minimum absolute atomic E-state index is 0.0121. The van der Waals surface area contributed by atoms with E-state index in [1.54, 1.807) is 0 Å². The third kappa shape index (κ3) is 3.01. The molecular formula is C31H46O9. The lowest BCUT2D eigenvalue weighted by atomic mass is 9.44. The molecule has 0 aromatic carbocycles. The van der Waals surface area contributed by atoms with Gasteiger partial charge in [-0.3, -0.25) is 4.79 Å². The van der Waals surface area contributed by atoms with Crippen molar-refractivity contribution >= 4 is 5.97 Å². The first-order valence-electron chi connectivity index (χ1n) is 15.2. The second kappa shape index (κ2) is 8.30. The highest BCUT2D eigenvalue weighted by Gasteiger charge is 2.85. The maximum absolute atomic E-state index is 12.4. The van der Waals surface area contributed by atoms with E-state index in [-0.39, 0.29) is 47.3 Å². The minimum Gasteiger partial charge on any atom is -0.459 e. The minimum atomic E-state index is -1.33. The summed E-state index contributed by atoms with van der Waals surface area (Å²) in [5, 5.41) is 54.6. The summed E-state index contributed by atoms with van der Waals surface area (Å²) in [6, 6.07) is 0. The zero-order valence-electron chi connectivity index (χ0n) is 24.2. The topological polar surface area (TPSA) is 146 Å². The van der Waals surface area contributed by atoms with Crippen molar-refractivity contribution in [3.8, 4) is 0 Å². The maximum Gasteiger partial charge on any atom is 0.306 e. The summed E-state index contributed by atoms with van der Waals surface area (Å²) >= 11 is 0. The average Bonchev–Trinajstić information content (AvgIpc) is 3.54. The smallest absolute Gasteiger partial charge is 0.306 e. The van der Waals surface area contributed by atoms with Gasteiger partial charge in [-0.15, -0.1) is 0 Å². The SMILES string of the molecule is C[C@@H]1CC(=O)O[C@@H]2[C@H]1[C@@]1(C)C[C@H](O)[C@@]34C[C@@]35CC[C@H](O[C@@H]3OC[C@@H](O)[C@H](O)[C@H]3O)C(C)(C)[C@@H]5CC=C4[C@]1(C)[C@H]2O. The second-order valence-electron chi connectivity index (χ2n) is 15.4. The van der Waals surface area contributed by atoms with Gasteiger partial charge in [-0.2, -0.15) is 0 Å². The molecule has 7 rings (SSSR count). The van der Waals surface area contributed by atoms with Crippen LogP contribution in [0.1, 0.15) is 73.1 Å². The Hall–Kier alpha value is -1.07. The molecule has 6 fully saturated rings. The molecule has 0 aromatic heterocycles. The summed E-state index contributed by atoms with van der Waals surface area (Å²) in [6.45, 7) is 10.7. The molecule has 4 saturated carbocycles. The van der Waals surface area contributed by atoms with Crippen LogP contribution in [-0.2, 0) is 19.0 Å². The summed E-state index contributed by atoms with van der Waals surface area (Å²) in [5.41, 5.74) is -0.705. The Morgan fingerprint density at radius 1 is 1.05 bits per heavy atom. The molecule has 2 spiro atoms. The van der Waals surface area contributed by atoms with E-state index in [4.69, 9.17) is 14.2 Å². The van der Waals surface area contributed by atoms with Gasteiger partial charge in [-0.05, 0) is 60.2 Å². The lowest BCUT2D eigenvalue weighted by Gasteiger charge is -2.61. The van der Waals surface area contributed by atoms with Crippen molar-refractivity contribution < 1.29 is 44.5 Å². The largest absolute Gasteiger partial charge is 0.459 e. The van der Waals surface area contributed by atoms with Crippen LogP contribution in [-0.4, -0.2) is 87.1 Å². The Morgan fingerprint density at radius 3 is 2.50 bits per heavy atom. The Bertz CT molecular complexity index is 1140. The highest BCUT2D eigenvalue weighted by molar-refractivity contribution is 5.71. The van der Waals surface area contributed by atoms with Crippen molar-refractivity contribution in [1.82, 2.24) is 0 Å². The van der Waals surface area contributed by atoms with Crippen molar-refractivity contribution in [2.24, 2.45) is 44.8 Å². The van der Waals surface area contributed by atoms with Crippen LogP contribution in [0.2, 0.25) is 0 Å². The van der Waals surface area contributed by atoms with Crippen LogP contribution >= 0.6 is 0 Å². The van der Waals surface area contributed by atoms with Gasteiger partial charge in [0.25, 0.3) is 0 Å². The number of aliphatic hydroxyl groups excluding tert-OH is 5. The molecule has 0 unspecified atom stereocenters. The molecular weight excluding hydrogens is 516 g/mol. The summed E-state index contributed by atoms with van der Waals surface area (Å²) in [5.74, 6) is 0.0204.